The van der Waals surface area contributed by atoms with E-state index in [1.54, 1.807) is 18.9 Å². The van der Waals surface area contributed by atoms with Gasteiger partial charge in [0.1, 0.15) is 12.4 Å². The SMILES string of the molecule is CCCCSCCN(CCOc1ccc(CC(OCC)C(=O)O)cc1)C(=O)NCCOC. The Bertz CT molecular complexity index is 644. The quantitative estimate of drug-likeness (QED) is 0.318. The molecule has 0 saturated heterocycles. The molecule has 1 rings (SSSR count). The predicted molar refractivity (Wildman–Crippen MR) is 128 cm³/mol. The average Bonchev–Trinajstić information content (AvgIpc) is 2.78. The van der Waals surface area contributed by atoms with Gasteiger partial charge in [0.15, 0.2) is 6.10 Å². The highest BCUT2D eigenvalue weighted by Gasteiger charge is 2.18. The van der Waals surface area contributed by atoms with Crippen LogP contribution in [0.2, 0.25) is 0 Å². The Hall–Kier alpha value is -1.97. The van der Waals surface area contributed by atoms with E-state index >= 15 is 0 Å². The molecule has 1 aromatic rings. The number of benzene rings is 1. The van der Waals surface area contributed by atoms with Crippen molar-refractivity contribution in [2.45, 2.75) is 39.2 Å². The summed E-state index contributed by atoms with van der Waals surface area (Å²) in [6.45, 7) is 6.74. The Morgan fingerprint density at radius 3 is 2.50 bits per heavy atom. The summed E-state index contributed by atoms with van der Waals surface area (Å²) in [5.74, 6) is 1.69. The molecule has 2 amide bonds. The molecule has 0 aromatic heterocycles. The number of carboxylic acid groups (broad SMARTS) is 1. The zero-order chi connectivity index (χ0) is 23.6. The molecule has 0 spiro atoms. The molecule has 0 radical (unpaired) electrons. The third-order valence-corrected chi connectivity index (χ3v) is 5.68. The smallest absolute Gasteiger partial charge is 0.333 e. The molecule has 0 aliphatic carbocycles. The lowest BCUT2D eigenvalue weighted by Crippen LogP contribution is -2.44. The number of hydrogen-bond donors (Lipinski definition) is 2. The maximum atomic E-state index is 12.5. The lowest BCUT2D eigenvalue weighted by atomic mass is 10.1. The molecule has 9 heteroatoms. The Morgan fingerprint density at radius 1 is 1.12 bits per heavy atom. The molecule has 0 aliphatic rings. The van der Waals surface area contributed by atoms with E-state index in [0.29, 0.717) is 51.6 Å². The Morgan fingerprint density at radius 2 is 1.88 bits per heavy atom. The monoisotopic (exact) mass is 470 g/mol. The van der Waals surface area contributed by atoms with Crippen LogP contribution in [0.1, 0.15) is 32.3 Å². The van der Waals surface area contributed by atoms with Crippen molar-refractivity contribution in [3.05, 3.63) is 29.8 Å². The molecular weight excluding hydrogens is 432 g/mol. The summed E-state index contributed by atoms with van der Waals surface area (Å²) in [5.41, 5.74) is 0.862. The number of nitrogens with one attached hydrogen (secondary N) is 1. The third-order valence-electron chi connectivity index (χ3n) is 4.64. The number of carbonyl (C=O) groups is 2. The third kappa shape index (κ3) is 12.2. The second-order valence-electron chi connectivity index (χ2n) is 7.16. The van der Waals surface area contributed by atoms with Crippen LogP contribution in [0.5, 0.6) is 5.75 Å². The van der Waals surface area contributed by atoms with Gasteiger partial charge in [-0.25, -0.2) is 9.59 Å². The lowest BCUT2D eigenvalue weighted by Gasteiger charge is -2.23. The minimum atomic E-state index is -0.969. The highest BCUT2D eigenvalue weighted by molar-refractivity contribution is 7.99. The topological polar surface area (TPSA) is 97.3 Å². The largest absolute Gasteiger partial charge is 0.492 e. The molecule has 182 valence electrons. The second kappa shape index (κ2) is 17.6. The molecule has 32 heavy (non-hydrogen) atoms. The molecular formula is C23H38N2O6S. The lowest BCUT2D eigenvalue weighted by molar-refractivity contribution is -0.149. The van der Waals surface area contributed by atoms with Gasteiger partial charge in [0, 0.05) is 39.0 Å². The molecule has 0 bridgehead atoms. The van der Waals surface area contributed by atoms with Crippen LogP contribution in [-0.2, 0) is 20.7 Å². The van der Waals surface area contributed by atoms with Gasteiger partial charge in [-0.05, 0) is 36.8 Å². The molecule has 0 aliphatic heterocycles. The summed E-state index contributed by atoms with van der Waals surface area (Å²) in [6.07, 6.45) is 1.80. The Kier molecular flexibility index (Phi) is 15.4. The van der Waals surface area contributed by atoms with Gasteiger partial charge in [0.25, 0.3) is 0 Å². The molecule has 1 aromatic carbocycles. The van der Waals surface area contributed by atoms with Crippen molar-refractivity contribution in [1.82, 2.24) is 10.2 Å². The molecule has 0 saturated carbocycles. The number of carbonyl (C=O) groups excluding carboxylic acids is 1. The van der Waals surface area contributed by atoms with E-state index in [1.165, 1.54) is 12.8 Å². The molecule has 2 N–H and O–H groups in total. The number of thioether (sulfide) groups is 1. The van der Waals surface area contributed by atoms with Gasteiger partial charge in [-0.3, -0.25) is 0 Å². The second-order valence-corrected chi connectivity index (χ2v) is 8.38. The van der Waals surface area contributed by atoms with Crippen LogP contribution < -0.4 is 10.1 Å². The number of hydrogen-bond acceptors (Lipinski definition) is 6. The summed E-state index contributed by atoms with van der Waals surface area (Å²) >= 11 is 1.85. The van der Waals surface area contributed by atoms with E-state index in [9.17, 15) is 14.7 Å². The van der Waals surface area contributed by atoms with Crippen LogP contribution >= 0.6 is 11.8 Å². The maximum absolute atomic E-state index is 12.5. The Balaban J connectivity index is 2.52. The van der Waals surface area contributed by atoms with Crippen LogP contribution in [0.4, 0.5) is 4.79 Å². The van der Waals surface area contributed by atoms with Gasteiger partial charge >= 0.3 is 12.0 Å². The zero-order valence-electron chi connectivity index (χ0n) is 19.5. The van der Waals surface area contributed by atoms with E-state index in [2.05, 4.69) is 12.2 Å². The molecule has 0 fully saturated rings. The van der Waals surface area contributed by atoms with Crippen LogP contribution in [0.15, 0.2) is 24.3 Å². The Labute approximate surface area is 196 Å². The van der Waals surface area contributed by atoms with Crippen LogP contribution in [0.25, 0.3) is 0 Å². The number of methoxy groups -OCH3 is 1. The first-order valence-electron chi connectivity index (χ1n) is 11.2. The fourth-order valence-electron chi connectivity index (χ4n) is 2.84. The number of urea groups is 1. The fourth-order valence-corrected chi connectivity index (χ4v) is 3.88. The summed E-state index contributed by atoms with van der Waals surface area (Å²) < 4.78 is 16.1. The highest BCUT2D eigenvalue weighted by Crippen LogP contribution is 2.15. The summed E-state index contributed by atoms with van der Waals surface area (Å²) in [6, 6.07) is 7.18. The summed E-state index contributed by atoms with van der Waals surface area (Å²) in [7, 11) is 1.60. The van der Waals surface area contributed by atoms with Crippen LogP contribution in [0.3, 0.4) is 0 Å². The van der Waals surface area contributed by atoms with Gasteiger partial charge in [-0.2, -0.15) is 11.8 Å². The number of nitrogens with zero attached hydrogens (tertiary/aromatic N) is 1. The van der Waals surface area contributed by atoms with E-state index < -0.39 is 12.1 Å². The van der Waals surface area contributed by atoms with E-state index in [0.717, 1.165) is 17.1 Å². The number of amides is 2. The van der Waals surface area contributed by atoms with Gasteiger partial charge in [0.2, 0.25) is 0 Å². The van der Waals surface area contributed by atoms with Crippen molar-refractivity contribution in [3.63, 3.8) is 0 Å². The van der Waals surface area contributed by atoms with Crippen molar-refractivity contribution < 1.29 is 28.9 Å². The number of aliphatic carboxylic acids is 1. The number of carboxylic acids is 1. The van der Waals surface area contributed by atoms with Crippen molar-refractivity contribution in [2.75, 3.05) is 58.1 Å². The standard InChI is InChI=1S/C23H38N2O6S/c1-4-6-16-32-17-13-25(23(28)24-11-14-29-3)12-15-31-20-9-7-19(8-10-20)18-21(22(26)27)30-5-2/h7-10,21H,4-6,11-18H2,1-3H3,(H,24,28)(H,26,27). The van der Waals surface area contributed by atoms with E-state index in [1.807, 2.05) is 36.0 Å². The fraction of sp³-hybridized carbons (Fsp3) is 0.652. The number of unbranched alkanes of at least 4 members (excludes halogenated alkanes) is 1. The predicted octanol–water partition coefficient (Wildman–Crippen LogP) is 3.29. The first kappa shape index (κ1) is 28.1. The first-order valence-corrected chi connectivity index (χ1v) is 12.3. The van der Waals surface area contributed by atoms with Crippen molar-refractivity contribution in [2.24, 2.45) is 0 Å². The molecule has 1 atom stereocenters. The van der Waals surface area contributed by atoms with Gasteiger partial charge < -0.3 is 29.5 Å². The summed E-state index contributed by atoms with van der Waals surface area (Å²) in [4.78, 5) is 25.5. The average molecular weight is 471 g/mol. The van der Waals surface area contributed by atoms with Crippen molar-refractivity contribution in [1.29, 1.82) is 0 Å². The molecule has 1 unspecified atom stereocenters. The zero-order valence-corrected chi connectivity index (χ0v) is 20.3. The maximum Gasteiger partial charge on any atom is 0.333 e. The minimum absolute atomic E-state index is 0.118. The van der Waals surface area contributed by atoms with E-state index in [-0.39, 0.29) is 6.03 Å². The van der Waals surface area contributed by atoms with Gasteiger partial charge in [-0.15, -0.1) is 0 Å². The van der Waals surface area contributed by atoms with Crippen LogP contribution in [-0.4, -0.2) is 86.2 Å². The molecule has 8 nitrogen and oxygen atoms in total. The normalized spacial score (nSPS) is 11.7. The highest BCUT2D eigenvalue weighted by atomic mass is 32.2. The van der Waals surface area contributed by atoms with Gasteiger partial charge in [-0.1, -0.05) is 25.5 Å². The first-order chi connectivity index (χ1) is 15.5. The van der Waals surface area contributed by atoms with E-state index in [4.69, 9.17) is 14.2 Å². The van der Waals surface area contributed by atoms with Crippen molar-refractivity contribution >= 4 is 23.8 Å². The van der Waals surface area contributed by atoms with Crippen molar-refractivity contribution in [3.8, 4) is 5.75 Å². The number of ether oxygens (including phenoxy) is 3. The van der Waals surface area contributed by atoms with Crippen LogP contribution in [0, 0.1) is 0 Å². The summed E-state index contributed by atoms with van der Waals surface area (Å²) in [5, 5.41) is 12.1. The van der Waals surface area contributed by atoms with Gasteiger partial charge in [0.05, 0.1) is 13.2 Å². The molecule has 0 heterocycles. The number of rotatable bonds is 18. The minimum Gasteiger partial charge on any atom is -0.492 e.